The number of carbonyl (C=O) groups excluding carboxylic acids is 2. The van der Waals surface area contributed by atoms with Gasteiger partial charge in [-0.2, -0.15) is 0 Å². The van der Waals surface area contributed by atoms with Crippen LogP contribution >= 0.6 is 0 Å². The Morgan fingerprint density at radius 3 is 2.85 bits per heavy atom. The Morgan fingerprint density at radius 1 is 1.50 bits per heavy atom. The fraction of sp³-hybridized carbons (Fsp3) is 0.600. The number of esters is 2. The molecule has 6 atom stereocenters. The summed E-state index contributed by atoms with van der Waals surface area (Å²) in [4.78, 5) is 24.5. The van der Waals surface area contributed by atoms with Gasteiger partial charge in [0.25, 0.3) is 0 Å². The van der Waals surface area contributed by atoms with E-state index in [-0.39, 0.29) is 18.1 Å². The maximum atomic E-state index is 12.4. The lowest BCUT2D eigenvalue weighted by Crippen LogP contribution is -2.44. The first-order chi connectivity index (χ1) is 12.2. The third-order valence-electron chi connectivity index (χ3n) is 5.77. The Labute approximate surface area is 153 Å². The molecule has 2 fully saturated rings. The molecule has 1 N–H and O–H groups in total. The molecule has 0 aromatic carbocycles. The monoisotopic (exact) mass is 362 g/mol. The van der Waals surface area contributed by atoms with Crippen molar-refractivity contribution in [2.75, 3.05) is 0 Å². The molecule has 2 bridgehead atoms. The molecule has 3 aliphatic rings. The lowest BCUT2D eigenvalue weighted by atomic mass is 9.81. The van der Waals surface area contributed by atoms with E-state index in [4.69, 9.17) is 14.2 Å². The molecular weight excluding hydrogens is 336 g/mol. The Bertz CT molecular complexity index is 705. The number of allylic oxidation sites excluding steroid dienone is 1. The first-order valence-electron chi connectivity index (χ1n) is 8.94. The zero-order valence-electron chi connectivity index (χ0n) is 15.7. The van der Waals surface area contributed by atoms with Gasteiger partial charge in [0.05, 0.1) is 23.7 Å². The highest BCUT2D eigenvalue weighted by atomic mass is 16.6. The molecule has 3 heterocycles. The lowest BCUT2D eigenvalue weighted by molar-refractivity contribution is -0.154. The van der Waals surface area contributed by atoms with Gasteiger partial charge >= 0.3 is 11.9 Å². The molecule has 26 heavy (non-hydrogen) atoms. The molecular formula is C20H26O6. The van der Waals surface area contributed by atoms with Crippen molar-refractivity contribution in [1.29, 1.82) is 0 Å². The molecule has 0 amide bonds. The van der Waals surface area contributed by atoms with E-state index < -0.39 is 41.8 Å². The van der Waals surface area contributed by atoms with E-state index >= 15 is 0 Å². The zero-order chi connectivity index (χ0) is 19.2. The van der Waals surface area contributed by atoms with Crippen molar-refractivity contribution in [2.45, 2.75) is 70.6 Å². The van der Waals surface area contributed by atoms with Crippen LogP contribution in [0.5, 0.6) is 0 Å². The van der Waals surface area contributed by atoms with Crippen LogP contribution in [0.2, 0.25) is 0 Å². The molecule has 0 aromatic rings. The van der Waals surface area contributed by atoms with Crippen molar-refractivity contribution in [1.82, 2.24) is 0 Å². The highest BCUT2D eigenvalue weighted by Crippen LogP contribution is 2.44. The standard InChI is InChI=1S/C20H26O6/c1-6-10(2)18(22)25-15-9-20(5)16(21)8-13(26-20)11(3)7-14-17(15)12(4)19(23)24-14/h6-7,13-17,21H,4,8-9H2,1-3,5H3/b10-6-,11-7+/t13?,14-,15?,16+,17+,20-/m1/s1. The van der Waals surface area contributed by atoms with E-state index in [1.165, 1.54) is 0 Å². The van der Waals surface area contributed by atoms with Gasteiger partial charge < -0.3 is 19.3 Å². The fourth-order valence-corrected chi connectivity index (χ4v) is 3.90. The molecule has 2 unspecified atom stereocenters. The van der Waals surface area contributed by atoms with Crippen LogP contribution in [0.4, 0.5) is 0 Å². The Balaban J connectivity index is 2.02. The minimum atomic E-state index is -0.880. The van der Waals surface area contributed by atoms with Crippen LogP contribution in [0.15, 0.2) is 35.5 Å². The summed E-state index contributed by atoms with van der Waals surface area (Å²) < 4.78 is 17.3. The van der Waals surface area contributed by atoms with Gasteiger partial charge in [0.15, 0.2) is 0 Å². The lowest BCUT2D eigenvalue weighted by Gasteiger charge is -2.34. The number of carbonyl (C=O) groups is 2. The SMILES string of the molecule is C=C1C(=O)O[C@@H]2/C=C(\C)C3C[C@H](O)[C@@](C)(CC(OC(=O)/C(C)=C\C)[C@@H]12)O3. The van der Waals surface area contributed by atoms with Gasteiger partial charge in [-0.15, -0.1) is 0 Å². The normalized spacial score (nSPS) is 42.1. The van der Waals surface area contributed by atoms with E-state index in [9.17, 15) is 14.7 Å². The fourth-order valence-electron chi connectivity index (χ4n) is 3.90. The predicted molar refractivity (Wildman–Crippen MR) is 94.1 cm³/mol. The van der Waals surface area contributed by atoms with Crippen LogP contribution in [0, 0.1) is 5.92 Å². The third-order valence-corrected chi connectivity index (χ3v) is 5.77. The highest BCUT2D eigenvalue weighted by molar-refractivity contribution is 5.92. The number of fused-ring (bicyclic) bond motifs is 3. The van der Waals surface area contributed by atoms with Crippen molar-refractivity contribution in [3.8, 4) is 0 Å². The summed E-state index contributed by atoms with van der Waals surface area (Å²) in [7, 11) is 0. The Hall–Kier alpha value is -1.92. The van der Waals surface area contributed by atoms with Crippen molar-refractivity contribution >= 4 is 11.9 Å². The smallest absolute Gasteiger partial charge is 0.334 e. The van der Waals surface area contributed by atoms with Crippen LogP contribution in [-0.2, 0) is 23.8 Å². The summed E-state index contributed by atoms with van der Waals surface area (Å²) in [6, 6.07) is 0. The van der Waals surface area contributed by atoms with E-state index in [1.807, 2.05) is 19.9 Å². The number of aliphatic hydroxyl groups is 1. The first-order valence-corrected chi connectivity index (χ1v) is 8.94. The van der Waals surface area contributed by atoms with Crippen LogP contribution in [0.25, 0.3) is 0 Å². The number of ether oxygens (including phenoxy) is 3. The largest absolute Gasteiger partial charge is 0.458 e. The number of aliphatic hydroxyl groups excluding tert-OH is 1. The van der Waals surface area contributed by atoms with Gasteiger partial charge in [-0.25, -0.2) is 9.59 Å². The first kappa shape index (κ1) is 18.9. The number of hydrogen-bond donors (Lipinski definition) is 1. The van der Waals surface area contributed by atoms with Crippen molar-refractivity contribution in [3.63, 3.8) is 0 Å². The van der Waals surface area contributed by atoms with Crippen LogP contribution in [0.3, 0.4) is 0 Å². The second-order valence-corrected chi connectivity index (χ2v) is 7.62. The molecule has 142 valence electrons. The van der Waals surface area contributed by atoms with Gasteiger partial charge in [-0.05, 0) is 39.3 Å². The van der Waals surface area contributed by atoms with E-state index in [0.717, 1.165) is 5.57 Å². The molecule has 0 spiro atoms. The number of hydrogen-bond acceptors (Lipinski definition) is 6. The quantitative estimate of drug-likeness (QED) is 0.461. The average Bonchev–Trinajstić information content (AvgIpc) is 3.03. The van der Waals surface area contributed by atoms with Gasteiger partial charge in [-0.1, -0.05) is 12.7 Å². The van der Waals surface area contributed by atoms with E-state index in [0.29, 0.717) is 12.0 Å². The van der Waals surface area contributed by atoms with Crippen LogP contribution in [0.1, 0.15) is 40.5 Å². The molecule has 0 radical (unpaired) electrons. The summed E-state index contributed by atoms with van der Waals surface area (Å²) in [6.45, 7) is 11.0. The average molecular weight is 362 g/mol. The maximum absolute atomic E-state index is 12.4. The molecule has 6 heteroatoms. The van der Waals surface area contributed by atoms with Crippen molar-refractivity contribution < 1.29 is 28.9 Å². The summed E-state index contributed by atoms with van der Waals surface area (Å²) in [6.07, 6.45) is 2.02. The minimum absolute atomic E-state index is 0.255. The molecule has 3 rings (SSSR count). The van der Waals surface area contributed by atoms with Crippen LogP contribution in [-0.4, -0.2) is 47.1 Å². The maximum Gasteiger partial charge on any atom is 0.334 e. The molecule has 0 aliphatic carbocycles. The topological polar surface area (TPSA) is 82.1 Å². The Morgan fingerprint density at radius 2 is 2.19 bits per heavy atom. The number of rotatable bonds is 2. The molecule has 0 aromatic heterocycles. The molecule has 3 aliphatic heterocycles. The second kappa shape index (κ2) is 6.67. The second-order valence-electron chi connectivity index (χ2n) is 7.62. The summed E-state index contributed by atoms with van der Waals surface area (Å²) in [5.74, 6) is -1.44. The van der Waals surface area contributed by atoms with Gasteiger partial charge in [0.1, 0.15) is 12.2 Å². The minimum Gasteiger partial charge on any atom is -0.458 e. The van der Waals surface area contributed by atoms with Gasteiger partial charge in [-0.3, -0.25) is 0 Å². The highest BCUT2D eigenvalue weighted by Gasteiger charge is 2.53. The zero-order valence-corrected chi connectivity index (χ0v) is 15.7. The van der Waals surface area contributed by atoms with Crippen molar-refractivity contribution in [3.05, 3.63) is 35.5 Å². The summed E-state index contributed by atoms with van der Waals surface area (Å²) >= 11 is 0. The molecule has 0 saturated carbocycles. The van der Waals surface area contributed by atoms with Gasteiger partial charge in [0.2, 0.25) is 0 Å². The molecule has 2 saturated heterocycles. The van der Waals surface area contributed by atoms with E-state index in [1.54, 1.807) is 19.9 Å². The summed E-state index contributed by atoms with van der Waals surface area (Å²) in [5.41, 5.74) is 0.766. The van der Waals surface area contributed by atoms with Crippen molar-refractivity contribution in [2.24, 2.45) is 5.92 Å². The van der Waals surface area contributed by atoms with E-state index in [2.05, 4.69) is 6.58 Å². The Kier molecular flexibility index (Phi) is 4.84. The third kappa shape index (κ3) is 3.12. The predicted octanol–water partition coefficient (Wildman–Crippen LogP) is 2.22. The van der Waals surface area contributed by atoms with Crippen LogP contribution < -0.4 is 0 Å². The summed E-state index contributed by atoms with van der Waals surface area (Å²) in [5, 5.41) is 10.6. The molecule has 6 nitrogen and oxygen atoms in total. The van der Waals surface area contributed by atoms with Gasteiger partial charge in [0, 0.05) is 24.0 Å².